The quantitative estimate of drug-likeness (QED) is 0.798. The molecule has 0 bridgehead atoms. The van der Waals surface area contributed by atoms with Crippen LogP contribution in [0.4, 0.5) is 20.6 Å². The number of aromatic nitrogens is 1. The lowest BCUT2D eigenvalue weighted by Crippen LogP contribution is -2.37. The van der Waals surface area contributed by atoms with Gasteiger partial charge in [0, 0.05) is 13.1 Å². The van der Waals surface area contributed by atoms with E-state index in [-0.39, 0.29) is 19.0 Å². The summed E-state index contributed by atoms with van der Waals surface area (Å²) in [4.78, 5) is 32.3. The zero-order chi connectivity index (χ0) is 20.4. The second kappa shape index (κ2) is 8.34. The van der Waals surface area contributed by atoms with Crippen molar-refractivity contribution in [2.45, 2.75) is 13.0 Å². The minimum atomic E-state index is -0.559. The fraction of sp³-hybridized carbons (Fsp3) is 0.421. The van der Waals surface area contributed by atoms with Gasteiger partial charge in [0.1, 0.15) is 16.8 Å². The minimum Gasteiger partial charge on any atom is -0.442 e. The molecule has 4 rings (SSSR count). The van der Waals surface area contributed by atoms with E-state index >= 15 is 0 Å². The lowest BCUT2D eigenvalue weighted by atomic mass is 10.2. The number of hydrogen-bond donors (Lipinski definition) is 1. The van der Waals surface area contributed by atoms with Gasteiger partial charge in [0.15, 0.2) is 0 Å². The van der Waals surface area contributed by atoms with E-state index in [2.05, 4.69) is 10.3 Å². The molecule has 0 aliphatic carbocycles. The minimum absolute atomic E-state index is 0.173. The van der Waals surface area contributed by atoms with Crippen LogP contribution in [0.3, 0.4) is 0 Å². The first-order chi connectivity index (χ1) is 14.0. The van der Waals surface area contributed by atoms with Crippen molar-refractivity contribution in [1.29, 1.82) is 0 Å². The zero-order valence-electron chi connectivity index (χ0n) is 15.9. The summed E-state index contributed by atoms with van der Waals surface area (Å²) in [6, 6.07) is 4.72. The van der Waals surface area contributed by atoms with Crippen LogP contribution in [0.1, 0.15) is 15.4 Å². The van der Waals surface area contributed by atoms with Crippen molar-refractivity contribution in [1.82, 2.24) is 10.3 Å². The molecule has 154 valence electrons. The maximum Gasteiger partial charge on any atom is 0.414 e. The Hall–Kier alpha value is -2.72. The van der Waals surface area contributed by atoms with Crippen molar-refractivity contribution >= 4 is 34.7 Å². The number of hydrogen-bond acceptors (Lipinski definition) is 7. The predicted octanol–water partition coefficient (Wildman–Crippen LogP) is 2.18. The van der Waals surface area contributed by atoms with Gasteiger partial charge < -0.3 is 19.7 Å². The lowest BCUT2D eigenvalue weighted by Gasteiger charge is -2.29. The molecule has 1 atom stereocenters. The second-order valence-corrected chi connectivity index (χ2v) is 7.68. The van der Waals surface area contributed by atoms with E-state index in [4.69, 9.17) is 9.47 Å². The first-order valence-corrected chi connectivity index (χ1v) is 10.2. The molecule has 1 N–H and O–H groups in total. The maximum atomic E-state index is 14.6. The van der Waals surface area contributed by atoms with Crippen LogP contribution in [0.2, 0.25) is 0 Å². The van der Waals surface area contributed by atoms with Gasteiger partial charge in [-0.25, -0.2) is 14.2 Å². The smallest absolute Gasteiger partial charge is 0.414 e. The number of aryl methyl sites for hydroxylation is 1. The lowest BCUT2D eigenvalue weighted by molar-refractivity contribution is 0.0919. The summed E-state index contributed by atoms with van der Waals surface area (Å²) < 4.78 is 25.3. The maximum absolute atomic E-state index is 14.6. The van der Waals surface area contributed by atoms with E-state index < -0.39 is 18.0 Å². The van der Waals surface area contributed by atoms with Crippen molar-refractivity contribution in [2.24, 2.45) is 0 Å². The van der Waals surface area contributed by atoms with Crippen molar-refractivity contribution in [3.8, 4) is 0 Å². The number of cyclic esters (lactones) is 1. The number of rotatable bonds is 5. The number of morpholine rings is 1. The second-order valence-electron chi connectivity index (χ2n) is 6.83. The number of nitrogens with one attached hydrogen (secondary N) is 1. The summed E-state index contributed by atoms with van der Waals surface area (Å²) in [6.45, 7) is 4.55. The summed E-state index contributed by atoms with van der Waals surface area (Å²) in [5.74, 6) is -0.643. The van der Waals surface area contributed by atoms with E-state index in [9.17, 15) is 14.0 Å². The van der Waals surface area contributed by atoms with E-state index in [1.165, 1.54) is 22.3 Å². The topological polar surface area (TPSA) is 84.0 Å². The van der Waals surface area contributed by atoms with Crippen molar-refractivity contribution < 1.29 is 23.5 Å². The first kappa shape index (κ1) is 19.6. The molecule has 0 saturated carbocycles. The number of benzene rings is 1. The Morgan fingerprint density at radius 1 is 1.38 bits per heavy atom. The predicted molar refractivity (Wildman–Crippen MR) is 106 cm³/mol. The van der Waals surface area contributed by atoms with Gasteiger partial charge >= 0.3 is 6.09 Å². The molecular formula is C19H21FN4O4S. The largest absolute Gasteiger partial charge is 0.442 e. The number of carbonyl (C=O) groups is 2. The van der Waals surface area contributed by atoms with E-state index in [1.54, 1.807) is 24.6 Å². The van der Waals surface area contributed by atoms with Crippen LogP contribution in [0.5, 0.6) is 0 Å². The molecule has 10 heteroatoms. The van der Waals surface area contributed by atoms with Crippen LogP contribution >= 0.6 is 11.3 Å². The molecule has 2 aromatic rings. The van der Waals surface area contributed by atoms with E-state index in [1.807, 2.05) is 4.90 Å². The molecule has 2 aliphatic rings. The fourth-order valence-corrected chi connectivity index (χ4v) is 4.09. The van der Waals surface area contributed by atoms with Gasteiger partial charge in [0.25, 0.3) is 5.91 Å². The Balaban J connectivity index is 1.38. The Morgan fingerprint density at radius 2 is 2.17 bits per heavy atom. The summed E-state index contributed by atoms with van der Waals surface area (Å²) in [6.07, 6.45) is -1.07. The summed E-state index contributed by atoms with van der Waals surface area (Å²) in [5.41, 5.74) is 3.19. The summed E-state index contributed by atoms with van der Waals surface area (Å²) in [5, 5.41) is 2.76. The number of thiazole rings is 1. The molecule has 2 saturated heterocycles. The number of nitrogens with zero attached hydrogens (tertiary/aromatic N) is 3. The third kappa shape index (κ3) is 4.18. The van der Waals surface area contributed by atoms with Gasteiger partial charge in [-0.1, -0.05) is 0 Å². The fourth-order valence-electron chi connectivity index (χ4n) is 3.37. The normalized spacial score (nSPS) is 19.4. The molecule has 0 radical (unpaired) electrons. The summed E-state index contributed by atoms with van der Waals surface area (Å²) in [7, 11) is 0. The van der Waals surface area contributed by atoms with E-state index in [0.717, 1.165) is 0 Å². The van der Waals surface area contributed by atoms with Gasteiger partial charge in [-0.05, 0) is 25.1 Å². The summed E-state index contributed by atoms with van der Waals surface area (Å²) >= 11 is 1.26. The average molecular weight is 420 g/mol. The molecule has 2 fully saturated rings. The van der Waals surface area contributed by atoms with Gasteiger partial charge in [-0.3, -0.25) is 9.69 Å². The zero-order valence-corrected chi connectivity index (χ0v) is 16.7. The highest BCUT2D eigenvalue weighted by Crippen LogP contribution is 2.28. The third-order valence-corrected chi connectivity index (χ3v) is 5.84. The highest BCUT2D eigenvalue weighted by Gasteiger charge is 2.33. The van der Waals surface area contributed by atoms with Crippen molar-refractivity contribution in [3.63, 3.8) is 0 Å². The number of halogens is 1. The van der Waals surface area contributed by atoms with Crippen LogP contribution < -0.4 is 15.1 Å². The standard InChI is InChI=1S/C19H21FN4O4S/c1-12-17(29-11-22-12)18(25)21-9-14-10-24(19(26)28-14)13-2-3-16(15(20)8-13)23-4-6-27-7-5-23/h2-3,8,11,14H,4-7,9-10H2,1H3,(H,21,25)/t14-/m0/s1. The molecule has 0 spiro atoms. The van der Waals surface area contributed by atoms with Crippen LogP contribution in [-0.4, -0.2) is 62.5 Å². The highest BCUT2D eigenvalue weighted by atomic mass is 32.1. The highest BCUT2D eigenvalue weighted by molar-refractivity contribution is 7.11. The van der Waals surface area contributed by atoms with E-state index in [0.29, 0.717) is 48.2 Å². The van der Waals surface area contributed by atoms with Gasteiger partial charge in [-0.2, -0.15) is 0 Å². The van der Waals surface area contributed by atoms with Crippen LogP contribution in [0, 0.1) is 12.7 Å². The van der Waals surface area contributed by atoms with Crippen LogP contribution in [0.25, 0.3) is 0 Å². The Labute approximate surface area is 171 Å². The van der Waals surface area contributed by atoms with Crippen molar-refractivity contribution in [3.05, 3.63) is 40.1 Å². The molecule has 29 heavy (non-hydrogen) atoms. The third-order valence-electron chi connectivity index (χ3n) is 4.91. The monoisotopic (exact) mass is 420 g/mol. The molecule has 1 aromatic heterocycles. The number of ether oxygens (including phenoxy) is 2. The van der Waals surface area contributed by atoms with Crippen molar-refractivity contribution in [2.75, 3.05) is 49.2 Å². The van der Waals surface area contributed by atoms with Gasteiger partial charge in [0.2, 0.25) is 0 Å². The van der Waals surface area contributed by atoms with Crippen LogP contribution in [-0.2, 0) is 9.47 Å². The Kier molecular flexibility index (Phi) is 5.63. The molecule has 0 unspecified atom stereocenters. The Bertz CT molecular complexity index is 915. The van der Waals surface area contributed by atoms with Gasteiger partial charge in [-0.15, -0.1) is 11.3 Å². The molecule has 2 amide bonds. The number of amides is 2. The molecule has 1 aromatic carbocycles. The number of carbonyl (C=O) groups excluding carboxylic acids is 2. The molecule has 8 nitrogen and oxygen atoms in total. The molecular weight excluding hydrogens is 399 g/mol. The molecule has 3 heterocycles. The van der Waals surface area contributed by atoms with Crippen LogP contribution in [0.15, 0.2) is 23.7 Å². The number of anilines is 2. The first-order valence-electron chi connectivity index (χ1n) is 9.31. The average Bonchev–Trinajstić information content (AvgIpc) is 3.32. The SMILES string of the molecule is Cc1ncsc1C(=O)NC[C@H]1CN(c2ccc(N3CCOCC3)c(F)c2)C(=O)O1. The molecule has 2 aliphatic heterocycles. The van der Waals surface area contributed by atoms with Gasteiger partial charge in [0.05, 0.1) is 48.9 Å². The Morgan fingerprint density at radius 3 is 2.86 bits per heavy atom.